The van der Waals surface area contributed by atoms with Gasteiger partial charge in [-0.15, -0.1) is 0 Å². The van der Waals surface area contributed by atoms with E-state index in [1.54, 1.807) is 0 Å². The van der Waals surface area contributed by atoms with Crippen LogP contribution in [0.4, 0.5) is 18.9 Å². The van der Waals surface area contributed by atoms with Gasteiger partial charge in [-0.1, -0.05) is 13.8 Å². The van der Waals surface area contributed by atoms with E-state index in [9.17, 15) is 27.9 Å². The van der Waals surface area contributed by atoms with E-state index >= 15 is 0 Å². The summed E-state index contributed by atoms with van der Waals surface area (Å²) in [5.41, 5.74) is -2.66. The molecule has 1 heterocycles. The molecule has 0 aromatic heterocycles. The van der Waals surface area contributed by atoms with Gasteiger partial charge in [0, 0.05) is 11.3 Å². The lowest BCUT2D eigenvalue weighted by Gasteiger charge is -2.30. The molecule has 126 valence electrons. The maximum Gasteiger partial charge on any atom is 0.426 e. The van der Waals surface area contributed by atoms with Crippen molar-refractivity contribution in [2.24, 2.45) is 5.92 Å². The van der Waals surface area contributed by atoms with E-state index in [0.717, 1.165) is 0 Å². The van der Waals surface area contributed by atoms with E-state index < -0.39 is 36.0 Å². The molecule has 1 aliphatic rings. The molecule has 5 nitrogen and oxygen atoms in total. The molecule has 23 heavy (non-hydrogen) atoms. The molecule has 1 aromatic carbocycles. The number of ether oxygens (including phenoxy) is 1. The van der Waals surface area contributed by atoms with E-state index in [2.05, 4.69) is 5.32 Å². The molecule has 2 rings (SSSR count). The summed E-state index contributed by atoms with van der Waals surface area (Å²) in [6.07, 6.45) is -5.86. The minimum absolute atomic E-state index is 0.00654. The Morgan fingerprint density at radius 2 is 2.04 bits per heavy atom. The number of halogens is 3. The topological polar surface area (TPSA) is 75.6 Å². The molecule has 0 radical (unpaired) electrons. The van der Waals surface area contributed by atoms with Crippen LogP contribution in [0.15, 0.2) is 18.2 Å². The summed E-state index contributed by atoms with van der Waals surface area (Å²) in [6.45, 7) is 2.94. The molecule has 8 heteroatoms. The van der Waals surface area contributed by atoms with E-state index in [0.29, 0.717) is 11.1 Å². The van der Waals surface area contributed by atoms with Crippen LogP contribution < -0.4 is 5.32 Å². The van der Waals surface area contributed by atoms with E-state index in [4.69, 9.17) is 4.74 Å². The number of benzene rings is 1. The lowest BCUT2D eigenvalue weighted by Crippen LogP contribution is -2.55. The second-order valence-corrected chi connectivity index (χ2v) is 5.86. The highest BCUT2D eigenvalue weighted by Gasteiger charge is 2.59. The van der Waals surface area contributed by atoms with Gasteiger partial charge < -0.3 is 15.2 Å². The Morgan fingerprint density at radius 3 is 2.61 bits per heavy atom. The largest absolute Gasteiger partial charge is 0.457 e. The number of carbonyl (C=O) groups excluding carboxylic acids is 2. The second-order valence-electron chi connectivity index (χ2n) is 5.86. The van der Waals surface area contributed by atoms with Crippen molar-refractivity contribution >= 4 is 17.6 Å². The summed E-state index contributed by atoms with van der Waals surface area (Å²) < 4.78 is 44.1. The number of hydrogen-bond donors (Lipinski definition) is 2. The average Bonchev–Trinajstić information content (AvgIpc) is 2.77. The number of nitrogens with one attached hydrogen (secondary N) is 1. The van der Waals surface area contributed by atoms with Crippen LogP contribution in [0.1, 0.15) is 36.2 Å². The van der Waals surface area contributed by atoms with Crippen molar-refractivity contribution in [3.05, 3.63) is 29.3 Å². The number of cyclic esters (lactones) is 1. The quantitative estimate of drug-likeness (QED) is 0.832. The Bertz CT molecular complexity index is 642. The van der Waals surface area contributed by atoms with Crippen molar-refractivity contribution in [3.63, 3.8) is 0 Å². The SMILES string of the molecule is CC(C)CC(O)(C(=O)Nc1ccc2c(c1)COC2=O)C(F)(F)F. The van der Waals surface area contributed by atoms with Crippen molar-refractivity contribution in [2.45, 2.75) is 38.7 Å². The Kier molecular flexibility index (Phi) is 4.39. The fraction of sp³-hybridized carbons (Fsp3) is 0.467. The number of rotatable bonds is 4. The zero-order chi connectivity index (χ0) is 17.4. The molecule has 0 aliphatic carbocycles. The Labute approximate surface area is 130 Å². The number of amides is 1. The maximum atomic E-state index is 13.1. The Hall–Kier alpha value is -2.09. The minimum Gasteiger partial charge on any atom is -0.457 e. The highest BCUT2D eigenvalue weighted by molar-refractivity contribution is 5.99. The summed E-state index contributed by atoms with van der Waals surface area (Å²) in [5, 5.41) is 11.9. The molecule has 1 aliphatic heterocycles. The molecular weight excluding hydrogens is 315 g/mol. The molecule has 1 aromatic rings. The van der Waals surface area contributed by atoms with E-state index in [-0.39, 0.29) is 12.3 Å². The van der Waals surface area contributed by atoms with Gasteiger partial charge in [-0.2, -0.15) is 13.2 Å². The number of alkyl halides is 3. The van der Waals surface area contributed by atoms with Gasteiger partial charge in [-0.25, -0.2) is 4.79 Å². The van der Waals surface area contributed by atoms with Gasteiger partial charge in [-0.3, -0.25) is 4.79 Å². The predicted octanol–water partition coefficient (Wildman–Crippen LogP) is 2.64. The van der Waals surface area contributed by atoms with Crippen LogP contribution in [0, 0.1) is 5.92 Å². The molecule has 0 fully saturated rings. The van der Waals surface area contributed by atoms with E-state index in [1.807, 2.05) is 0 Å². The van der Waals surface area contributed by atoms with Crippen LogP contribution in [0.2, 0.25) is 0 Å². The smallest absolute Gasteiger partial charge is 0.426 e. The third-order valence-electron chi connectivity index (χ3n) is 3.49. The summed E-state index contributed by atoms with van der Waals surface area (Å²) in [5.74, 6) is -2.62. The van der Waals surface area contributed by atoms with Crippen molar-refractivity contribution in [1.29, 1.82) is 0 Å². The zero-order valence-corrected chi connectivity index (χ0v) is 12.5. The van der Waals surface area contributed by atoms with Gasteiger partial charge in [0.25, 0.3) is 5.91 Å². The van der Waals surface area contributed by atoms with Gasteiger partial charge in [0.15, 0.2) is 0 Å². The first kappa shape index (κ1) is 17.3. The number of anilines is 1. The zero-order valence-electron chi connectivity index (χ0n) is 12.5. The lowest BCUT2D eigenvalue weighted by molar-refractivity contribution is -0.253. The van der Waals surface area contributed by atoms with Gasteiger partial charge in [-0.05, 0) is 30.5 Å². The molecular formula is C15H16F3NO4. The maximum absolute atomic E-state index is 13.1. The van der Waals surface area contributed by atoms with Crippen LogP contribution >= 0.6 is 0 Å². The van der Waals surface area contributed by atoms with Crippen LogP contribution in [0.25, 0.3) is 0 Å². The number of aliphatic hydroxyl groups is 1. The molecule has 2 N–H and O–H groups in total. The van der Waals surface area contributed by atoms with Gasteiger partial charge in [0.05, 0.1) is 5.56 Å². The van der Waals surface area contributed by atoms with Crippen LogP contribution in [-0.2, 0) is 16.1 Å². The third kappa shape index (κ3) is 3.31. The first-order valence-corrected chi connectivity index (χ1v) is 6.95. The molecule has 1 atom stereocenters. The van der Waals surface area contributed by atoms with E-state index in [1.165, 1.54) is 32.0 Å². The van der Waals surface area contributed by atoms with Crippen LogP contribution in [0.5, 0.6) is 0 Å². The van der Waals surface area contributed by atoms with Crippen molar-refractivity contribution in [3.8, 4) is 0 Å². The molecule has 0 spiro atoms. The summed E-state index contributed by atoms with van der Waals surface area (Å²) >= 11 is 0. The third-order valence-corrected chi connectivity index (χ3v) is 3.49. The summed E-state index contributed by atoms with van der Waals surface area (Å²) in [4.78, 5) is 23.3. The first-order chi connectivity index (χ1) is 10.5. The standard InChI is InChI=1S/C15H16F3NO4/c1-8(2)6-14(22,15(16,17)18)13(21)19-10-3-4-11-9(5-10)7-23-12(11)20/h3-5,8,22H,6-7H2,1-2H3,(H,19,21). The predicted molar refractivity (Wildman–Crippen MR) is 74.7 cm³/mol. The molecule has 0 saturated heterocycles. The van der Waals surface area contributed by atoms with Crippen molar-refractivity contribution in [1.82, 2.24) is 0 Å². The number of carbonyl (C=O) groups is 2. The van der Waals surface area contributed by atoms with Crippen molar-refractivity contribution in [2.75, 3.05) is 5.32 Å². The van der Waals surface area contributed by atoms with Gasteiger partial charge >= 0.3 is 12.1 Å². The first-order valence-electron chi connectivity index (χ1n) is 6.95. The highest BCUT2D eigenvalue weighted by Crippen LogP contribution is 2.36. The monoisotopic (exact) mass is 331 g/mol. The van der Waals surface area contributed by atoms with Crippen molar-refractivity contribution < 1.29 is 32.6 Å². The summed E-state index contributed by atoms with van der Waals surface area (Å²) in [6, 6.07) is 4.00. The summed E-state index contributed by atoms with van der Waals surface area (Å²) in [7, 11) is 0. The normalized spacial score (nSPS) is 16.7. The number of hydrogen-bond acceptors (Lipinski definition) is 4. The highest BCUT2D eigenvalue weighted by atomic mass is 19.4. The van der Waals surface area contributed by atoms with Gasteiger partial charge in [0.1, 0.15) is 6.61 Å². The lowest BCUT2D eigenvalue weighted by atomic mass is 9.90. The minimum atomic E-state index is -5.10. The molecule has 0 bridgehead atoms. The van der Waals surface area contributed by atoms with Crippen LogP contribution in [-0.4, -0.2) is 28.8 Å². The second kappa shape index (κ2) is 5.84. The van der Waals surface area contributed by atoms with Crippen LogP contribution in [0.3, 0.4) is 0 Å². The Balaban J connectivity index is 2.24. The van der Waals surface area contributed by atoms with Gasteiger partial charge in [0.2, 0.25) is 5.60 Å². The fourth-order valence-corrected chi connectivity index (χ4v) is 2.37. The number of fused-ring (bicyclic) bond motifs is 1. The Morgan fingerprint density at radius 1 is 1.39 bits per heavy atom. The molecule has 1 unspecified atom stereocenters. The molecule has 1 amide bonds. The fourth-order valence-electron chi connectivity index (χ4n) is 2.37. The average molecular weight is 331 g/mol. The molecule has 0 saturated carbocycles. The number of esters is 1.